The van der Waals surface area contributed by atoms with Gasteiger partial charge in [0.25, 0.3) is 0 Å². The van der Waals surface area contributed by atoms with E-state index in [1.54, 1.807) is 13.8 Å². The van der Waals surface area contributed by atoms with Gasteiger partial charge in [0.1, 0.15) is 5.92 Å². The van der Waals surface area contributed by atoms with Crippen molar-refractivity contribution in [1.29, 1.82) is 10.5 Å². The highest BCUT2D eigenvalue weighted by Gasteiger charge is 2.33. The van der Waals surface area contributed by atoms with Crippen molar-refractivity contribution >= 4 is 5.97 Å². The molecule has 1 rings (SSSR count). The van der Waals surface area contributed by atoms with Gasteiger partial charge >= 0.3 is 5.97 Å². The third-order valence-corrected chi connectivity index (χ3v) is 3.02. The fourth-order valence-corrected chi connectivity index (χ4v) is 2.05. The molecule has 98 valence electrons. The number of carbonyl (C=O) groups excluding carboxylic acids is 1. The van der Waals surface area contributed by atoms with E-state index in [0.717, 1.165) is 5.56 Å². The van der Waals surface area contributed by atoms with E-state index in [9.17, 15) is 4.79 Å². The largest absolute Gasteiger partial charge is 0.466 e. The molecule has 0 aliphatic heterocycles. The lowest BCUT2D eigenvalue weighted by molar-refractivity contribution is -0.148. The molecule has 0 aliphatic rings. The monoisotopic (exact) mass is 256 g/mol. The highest BCUT2D eigenvalue weighted by molar-refractivity contribution is 5.73. The predicted octanol–water partition coefficient (Wildman–Crippen LogP) is 2.63. The molecule has 0 N–H and O–H groups in total. The van der Waals surface area contributed by atoms with Crippen LogP contribution in [0, 0.1) is 34.5 Å². The van der Waals surface area contributed by atoms with Crippen LogP contribution in [0.3, 0.4) is 0 Å². The van der Waals surface area contributed by atoms with Crippen LogP contribution >= 0.6 is 0 Å². The number of rotatable bonds is 5. The van der Waals surface area contributed by atoms with Crippen LogP contribution in [0.5, 0.6) is 0 Å². The van der Waals surface area contributed by atoms with Crippen LogP contribution < -0.4 is 0 Å². The third-order valence-electron chi connectivity index (χ3n) is 3.02. The van der Waals surface area contributed by atoms with Gasteiger partial charge in [-0.1, -0.05) is 37.3 Å². The summed E-state index contributed by atoms with van der Waals surface area (Å²) in [5, 5.41) is 18.2. The Hall–Kier alpha value is -2.33. The maximum absolute atomic E-state index is 11.9. The second-order valence-electron chi connectivity index (χ2n) is 4.21. The second kappa shape index (κ2) is 7.18. The Kier molecular flexibility index (Phi) is 5.57. The average Bonchev–Trinajstić information content (AvgIpc) is 2.45. The highest BCUT2D eigenvalue weighted by Crippen LogP contribution is 2.32. The lowest BCUT2D eigenvalue weighted by Crippen LogP contribution is -2.26. The minimum atomic E-state index is -0.873. The van der Waals surface area contributed by atoms with Crippen LogP contribution in [0.2, 0.25) is 0 Å². The van der Waals surface area contributed by atoms with Crippen LogP contribution in [-0.4, -0.2) is 12.6 Å². The van der Waals surface area contributed by atoms with E-state index in [-0.39, 0.29) is 12.6 Å². The van der Waals surface area contributed by atoms with E-state index in [2.05, 4.69) is 0 Å². The zero-order valence-corrected chi connectivity index (χ0v) is 11.0. The molecule has 0 saturated carbocycles. The van der Waals surface area contributed by atoms with Gasteiger partial charge in [-0.2, -0.15) is 10.5 Å². The highest BCUT2D eigenvalue weighted by atomic mass is 16.5. The Balaban J connectivity index is 3.11. The van der Waals surface area contributed by atoms with Crippen molar-refractivity contribution in [3.05, 3.63) is 35.9 Å². The molecule has 19 heavy (non-hydrogen) atoms. The van der Waals surface area contributed by atoms with Crippen molar-refractivity contribution in [3.63, 3.8) is 0 Å². The topological polar surface area (TPSA) is 73.9 Å². The molecule has 0 saturated heterocycles. The molecule has 0 bridgehead atoms. The molecular formula is C15H16N2O2. The fraction of sp³-hybridized carbons (Fsp3) is 0.400. The standard InChI is InChI=1S/C15H16N2O2/c1-3-19-15(18)11(2)14(13(9-16)10-17)12-7-5-4-6-8-12/h4-8,11,13-14H,3H2,1-2H3/t11-,14+/m0/s1. The summed E-state index contributed by atoms with van der Waals surface area (Å²) in [6.45, 7) is 3.71. The van der Waals surface area contributed by atoms with Crippen molar-refractivity contribution in [2.45, 2.75) is 19.8 Å². The summed E-state index contributed by atoms with van der Waals surface area (Å²) in [5.74, 6) is -2.27. The first-order chi connectivity index (χ1) is 9.15. The molecule has 0 heterocycles. The van der Waals surface area contributed by atoms with Crippen molar-refractivity contribution in [3.8, 4) is 12.1 Å². The number of hydrogen-bond acceptors (Lipinski definition) is 4. The number of ether oxygens (including phenoxy) is 1. The van der Waals surface area contributed by atoms with Gasteiger partial charge in [-0.25, -0.2) is 0 Å². The molecule has 0 aromatic heterocycles. The zero-order chi connectivity index (χ0) is 14.3. The van der Waals surface area contributed by atoms with Gasteiger partial charge in [0.15, 0.2) is 0 Å². The Bertz CT molecular complexity index is 485. The van der Waals surface area contributed by atoms with Gasteiger partial charge in [-0.15, -0.1) is 0 Å². The first-order valence-corrected chi connectivity index (χ1v) is 6.16. The fourth-order valence-electron chi connectivity index (χ4n) is 2.05. The number of hydrogen-bond donors (Lipinski definition) is 0. The summed E-state index contributed by atoms with van der Waals surface area (Å²) in [6, 6.07) is 13.1. The number of nitrogens with zero attached hydrogens (tertiary/aromatic N) is 2. The van der Waals surface area contributed by atoms with E-state index in [1.807, 2.05) is 42.5 Å². The van der Waals surface area contributed by atoms with Gasteiger partial charge in [-0.05, 0) is 12.5 Å². The van der Waals surface area contributed by atoms with Crippen molar-refractivity contribution in [2.24, 2.45) is 11.8 Å². The third kappa shape index (κ3) is 3.56. The molecule has 0 unspecified atom stereocenters. The predicted molar refractivity (Wildman–Crippen MR) is 69.7 cm³/mol. The molecule has 2 atom stereocenters. The maximum Gasteiger partial charge on any atom is 0.309 e. The van der Waals surface area contributed by atoms with E-state index in [1.165, 1.54) is 0 Å². The van der Waals surface area contributed by atoms with Gasteiger partial charge < -0.3 is 4.74 Å². The minimum absolute atomic E-state index is 0.286. The normalized spacial score (nSPS) is 13.1. The van der Waals surface area contributed by atoms with Gasteiger partial charge in [-0.3, -0.25) is 4.79 Å². The van der Waals surface area contributed by atoms with Crippen molar-refractivity contribution in [2.75, 3.05) is 6.61 Å². The molecule has 0 amide bonds. The van der Waals surface area contributed by atoms with Gasteiger partial charge in [0.05, 0.1) is 24.7 Å². The molecule has 1 aromatic carbocycles. The summed E-state index contributed by atoms with van der Waals surface area (Å²) in [6.07, 6.45) is 0. The zero-order valence-electron chi connectivity index (χ0n) is 11.0. The Morgan fingerprint density at radius 2 is 1.84 bits per heavy atom. The average molecular weight is 256 g/mol. The summed E-state index contributed by atoms with van der Waals surface area (Å²) < 4.78 is 4.99. The maximum atomic E-state index is 11.9. The van der Waals surface area contributed by atoms with E-state index >= 15 is 0 Å². The number of esters is 1. The minimum Gasteiger partial charge on any atom is -0.466 e. The van der Waals surface area contributed by atoms with Gasteiger partial charge in [0.2, 0.25) is 0 Å². The number of benzene rings is 1. The molecule has 4 heteroatoms. The Labute approximate surface area is 113 Å². The van der Waals surface area contributed by atoms with Crippen LogP contribution in [0.1, 0.15) is 25.3 Å². The summed E-state index contributed by atoms with van der Waals surface area (Å²) in [4.78, 5) is 11.9. The summed E-state index contributed by atoms with van der Waals surface area (Å²) in [5.41, 5.74) is 0.802. The van der Waals surface area contributed by atoms with Crippen molar-refractivity contribution < 1.29 is 9.53 Å². The molecule has 0 spiro atoms. The summed E-state index contributed by atoms with van der Waals surface area (Å²) >= 11 is 0. The van der Waals surface area contributed by atoms with Crippen LogP contribution in [0.15, 0.2) is 30.3 Å². The van der Waals surface area contributed by atoms with Gasteiger partial charge in [0, 0.05) is 5.92 Å². The van der Waals surface area contributed by atoms with Crippen molar-refractivity contribution in [1.82, 2.24) is 0 Å². The summed E-state index contributed by atoms with van der Waals surface area (Å²) in [7, 11) is 0. The molecule has 1 aromatic rings. The molecular weight excluding hydrogens is 240 g/mol. The SMILES string of the molecule is CCOC(=O)[C@@H](C)[C@H](c1ccccc1)C(C#N)C#N. The second-order valence-corrected chi connectivity index (χ2v) is 4.21. The van der Waals surface area contributed by atoms with E-state index < -0.39 is 17.8 Å². The van der Waals surface area contributed by atoms with E-state index in [0.29, 0.717) is 0 Å². The first-order valence-electron chi connectivity index (χ1n) is 6.16. The molecule has 0 fully saturated rings. The lowest BCUT2D eigenvalue weighted by Gasteiger charge is -2.23. The Morgan fingerprint density at radius 3 is 2.32 bits per heavy atom. The lowest BCUT2D eigenvalue weighted by atomic mass is 9.78. The Morgan fingerprint density at radius 1 is 1.26 bits per heavy atom. The van der Waals surface area contributed by atoms with Crippen LogP contribution in [0.25, 0.3) is 0 Å². The molecule has 4 nitrogen and oxygen atoms in total. The van der Waals surface area contributed by atoms with E-state index in [4.69, 9.17) is 15.3 Å². The molecule has 0 aliphatic carbocycles. The van der Waals surface area contributed by atoms with Crippen LogP contribution in [0.4, 0.5) is 0 Å². The number of nitriles is 2. The number of carbonyl (C=O) groups is 1. The quantitative estimate of drug-likeness (QED) is 0.759. The smallest absolute Gasteiger partial charge is 0.309 e. The molecule has 0 radical (unpaired) electrons. The first kappa shape index (κ1) is 14.7. The van der Waals surface area contributed by atoms with Crippen LogP contribution in [-0.2, 0) is 9.53 Å².